The van der Waals surface area contributed by atoms with Gasteiger partial charge in [0.05, 0.1) is 18.3 Å². The molecule has 0 radical (unpaired) electrons. The maximum atomic E-state index is 5.66. The van der Waals surface area contributed by atoms with E-state index < -0.39 is 0 Å². The van der Waals surface area contributed by atoms with Gasteiger partial charge in [0.1, 0.15) is 5.76 Å². The standard InChI is InChI=1S/C11H18N2O2/c1-11(2)7-9(4-6-14-11)12-8-10-3-5-13-15-10/h3,5,9,12H,4,6-8H2,1-2H3. The smallest absolute Gasteiger partial charge is 0.150 e. The van der Waals surface area contributed by atoms with Gasteiger partial charge in [-0.05, 0) is 26.7 Å². The van der Waals surface area contributed by atoms with Crippen molar-refractivity contribution in [2.75, 3.05) is 6.61 Å². The van der Waals surface area contributed by atoms with Crippen molar-refractivity contribution in [1.82, 2.24) is 10.5 Å². The number of rotatable bonds is 3. The molecule has 1 aromatic rings. The van der Waals surface area contributed by atoms with Crippen LogP contribution >= 0.6 is 0 Å². The van der Waals surface area contributed by atoms with E-state index >= 15 is 0 Å². The van der Waals surface area contributed by atoms with Gasteiger partial charge in [-0.3, -0.25) is 0 Å². The normalized spacial score (nSPS) is 25.3. The summed E-state index contributed by atoms with van der Waals surface area (Å²) in [7, 11) is 0. The Morgan fingerprint density at radius 1 is 1.60 bits per heavy atom. The van der Waals surface area contributed by atoms with Crippen molar-refractivity contribution >= 4 is 0 Å². The average Bonchev–Trinajstić information content (AvgIpc) is 2.65. The first-order valence-electron chi connectivity index (χ1n) is 5.43. The lowest BCUT2D eigenvalue weighted by Gasteiger charge is -2.35. The number of hydrogen-bond donors (Lipinski definition) is 1. The summed E-state index contributed by atoms with van der Waals surface area (Å²) in [6.07, 6.45) is 3.78. The Morgan fingerprint density at radius 2 is 2.47 bits per heavy atom. The third-order valence-electron chi connectivity index (χ3n) is 2.75. The van der Waals surface area contributed by atoms with Crippen molar-refractivity contribution in [2.24, 2.45) is 0 Å². The van der Waals surface area contributed by atoms with E-state index in [1.54, 1.807) is 6.20 Å². The number of aromatic nitrogens is 1. The Morgan fingerprint density at radius 3 is 3.13 bits per heavy atom. The second-order valence-corrected chi connectivity index (χ2v) is 4.66. The van der Waals surface area contributed by atoms with E-state index in [1.807, 2.05) is 6.07 Å². The van der Waals surface area contributed by atoms with E-state index in [-0.39, 0.29) is 5.60 Å². The Hall–Kier alpha value is -0.870. The van der Waals surface area contributed by atoms with Crippen molar-refractivity contribution < 1.29 is 9.26 Å². The fourth-order valence-corrected chi connectivity index (χ4v) is 1.98. The average molecular weight is 210 g/mol. The van der Waals surface area contributed by atoms with Crippen molar-refractivity contribution in [1.29, 1.82) is 0 Å². The molecular weight excluding hydrogens is 192 g/mol. The summed E-state index contributed by atoms with van der Waals surface area (Å²) < 4.78 is 10.7. The molecule has 2 rings (SSSR count). The predicted molar refractivity (Wildman–Crippen MR) is 56.4 cm³/mol. The molecule has 1 N–H and O–H groups in total. The zero-order chi connectivity index (χ0) is 10.7. The van der Waals surface area contributed by atoms with Crippen molar-refractivity contribution in [3.63, 3.8) is 0 Å². The van der Waals surface area contributed by atoms with Gasteiger partial charge in [0.15, 0.2) is 0 Å². The lowest BCUT2D eigenvalue weighted by atomic mass is 9.94. The van der Waals surface area contributed by atoms with Gasteiger partial charge in [-0.25, -0.2) is 0 Å². The molecule has 84 valence electrons. The predicted octanol–water partition coefficient (Wildman–Crippen LogP) is 1.72. The Kier molecular flexibility index (Phi) is 3.07. The van der Waals surface area contributed by atoms with Crippen LogP contribution in [0.15, 0.2) is 16.8 Å². The molecule has 1 unspecified atom stereocenters. The second kappa shape index (κ2) is 4.33. The fraction of sp³-hybridized carbons (Fsp3) is 0.727. The highest BCUT2D eigenvalue weighted by atomic mass is 16.5. The maximum Gasteiger partial charge on any atom is 0.150 e. The summed E-state index contributed by atoms with van der Waals surface area (Å²) in [6.45, 7) is 5.85. The Bertz CT molecular complexity index is 296. The van der Waals surface area contributed by atoms with Crippen molar-refractivity contribution in [2.45, 2.75) is 44.9 Å². The molecule has 1 atom stereocenters. The zero-order valence-corrected chi connectivity index (χ0v) is 9.32. The number of ether oxygens (including phenoxy) is 1. The molecule has 0 aliphatic carbocycles. The van der Waals surface area contributed by atoms with Crippen LogP contribution in [-0.4, -0.2) is 23.4 Å². The van der Waals surface area contributed by atoms with Gasteiger partial charge in [-0.1, -0.05) is 5.16 Å². The van der Waals surface area contributed by atoms with Gasteiger partial charge in [0.25, 0.3) is 0 Å². The van der Waals surface area contributed by atoms with Crippen molar-refractivity contribution in [3.05, 3.63) is 18.0 Å². The monoisotopic (exact) mass is 210 g/mol. The molecule has 1 aromatic heterocycles. The summed E-state index contributed by atoms with van der Waals surface area (Å²) >= 11 is 0. The molecule has 4 nitrogen and oxygen atoms in total. The molecular formula is C11H18N2O2. The van der Waals surface area contributed by atoms with Crippen LogP contribution in [0.3, 0.4) is 0 Å². The number of nitrogens with zero attached hydrogens (tertiary/aromatic N) is 1. The Balaban J connectivity index is 1.80. The van der Waals surface area contributed by atoms with E-state index in [0.29, 0.717) is 6.04 Å². The quantitative estimate of drug-likeness (QED) is 0.825. The van der Waals surface area contributed by atoms with Gasteiger partial charge >= 0.3 is 0 Å². The lowest BCUT2D eigenvalue weighted by molar-refractivity contribution is -0.0632. The summed E-state index contributed by atoms with van der Waals surface area (Å²) in [5, 5.41) is 7.14. The summed E-state index contributed by atoms with van der Waals surface area (Å²) in [5.74, 6) is 0.888. The highest BCUT2D eigenvalue weighted by Gasteiger charge is 2.28. The zero-order valence-electron chi connectivity index (χ0n) is 9.32. The molecule has 0 saturated carbocycles. The molecule has 0 amide bonds. The topological polar surface area (TPSA) is 47.3 Å². The third-order valence-corrected chi connectivity index (χ3v) is 2.75. The molecule has 15 heavy (non-hydrogen) atoms. The Labute approximate surface area is 90.0 Å². The number of hydrogen-bond acceptors (Lipinski definition) is 4. The maximum absolute atomic E-state index is 5.66. The largest absolute Gasteiger partial charge is 0.375 e. The first-order valence-corrected chi connectivity index (χ1v) is 5.43. The van der Waals surface area contributed by atoms with Crippen LogP contribution in [0.2, 0.25) is 0 Å². The van der Waals surface area contributed by atoms with E-state index in [1.165, 1.54) is 0 Å². The van der Waals surface area contributed by atoms with Crippen LogP contribution < -0.4 is 5.32 Å². The van der Waals surface area contributed by atoms with Gasteiger partial charge in [-0.15, -0.1) is 0 Å². The van der Waals surface area contributed by atoms with Gasteiger partial charge < -0.3 is 14.6 Å². The minimum absolute atomic E-state index is 0.00265. The highest BCUT2D eigenvalue weighted by Crippen LogP contribution is 2.23. The van der Waals surface area contributed by atoms with Gasteiger partial charge in [0.2, 0.25) is 0 Å². The minimum atomic E-state index is -0.00265. The van der Waals surface area contributed by atoms with E-state index in [2.05, 4.69) is 24.3 Å². The van der Waals surface area contributed by atoms with Gasteiger partial charge in [0, 0.05) is 18.7 Å². The molecule has 1 aliphatic rings. The fourth-order valence-electron chi connectivity index (χ4n) is 1.98. The van der Waals surface area contributed by atoms with Gasteiger partial charge in [-0.2, -0.15) is 0 Å². The summed E-state index contributed by atoms with van der Waals surface area (Å²) in [5.41, 5.74) is -0.00265. The van der Waals surface area contributed by atoms with E-state index in [4.69, 9.17) is 9.26 Å². The second-order valence-electron chi connectivity index (χ2n) is 4.66. The number of nitrogens with one attached hydrogen (secondary N) is 1. The molecule has 0 spiro atoms. The lowest BCUT2D eigenvalue weighted by Crippen LogP contribution is -2.43. The van der Waals surface area contributed by atoms with Crippen LogP contribution in [0.5, 0.6) is 0 Å². The molecule has 1 aliphatic heterocycles. The van der Waals surface area contributed by atoms with Crippen LogP contribution in [0.4, 0.5) is 0 Å². The van der Waals surface area contributed by atoms with Crippen LogP contribution in [0, 0.1) is 0 Å². The van der Waals surface area contributed by atoms with Crippen LogP contribution in [-0.2, 0) is 11.3 Å². The highest BCUT2D eigenvalue weighted by molar-refractivity contribution is 4.93. The van der Waals surface area contributed by atoms with Crippen molar-refractivity contribution in [3.8, 4) is 0 Å². The SMILES string of the molecule is CC1(C)CC(NCc2ccno2)CCO1. The molecule has 0 aromatic carbocycles. The molecule has 1 fully saturated rings. The van der Waals surface area contributed by atoms with E-state index in [0.717, 1.165) is 31.8 Å². The third kappa shape index (κ3) is 3.04. The summed E-state index contributed by atoms with van der Waals surface area (Å²) in [6, 6.07) is 2.40. The summed E-state index contributed by atoms with van der Waals surface area (Å²) in [4.78, 5) is 0. The molecule has 2 heterocycles. The molecule has 4 heteroatoms. The minimum Gasteiger partial charge on any atom is -0.375 e. The van der Waals surface area contributed by atoms with Crippen LogP contribution in [0.25, 0.3) is 0 Å². The molecule has 0 bridgehead atoms. The molecule has 1 saturated heterocycles. The first kappa shape index (κ1) is 10.6. The van der Waals surface area contributed by atoms with E-state index in [9.17, 15) is 0 Å². The first-order chi connectivity index (χ1) is 7.16. The van der Waals surface area contributed by atoms with Crippen LogP contribution in [0.1, 0.15) is 32.4 Å².